The molecule has 0 aromatic carbocycles. The Balaban J connectivity index is 2.88. The van der Waals surface area contributed by atoms with Crippen LogP contribution in [0.3, 0.4) is 0 Å². The molecule has 0 spiro atoms. The van der Waals surface area contributed by atoms with E-state index in [9.17, 15) is 67.7 Å². The fourth-order valence-corrected chi connectivity index (χ4v) is 6.27. The first-order valence-electron chi connectivity index (χ1n) is 20.6. The highest BCUT2D eigenvalue weighted by atomic mass is 16.4. The predicted octanol–water partition coefficient (Wildman–Crippen LogP) is -6.59. The number of carbonyl (C=O) groups excluding carboxylic acids is 11. The lowest BCUT2D eigenvalue weighted by Crippen LogP contribution is -2.60. The summed E-state index contributed by atoms with van der Waals surface area (Å²) in [5.74, 6) is -11.4. The van der Waals surface area contributed by atoms with E-state index in [2.05, 4.69) is 42.5 Å². The number of rotatable bonds is 27. The Morgan fingerprint density at radius 3 is 1.62 bits per heavy atom. The number of carboxylic acids is 1. The number of carboxylic acid groups (broad SMARTS) is 1. The molecule has 1 fully saturated rings. The molecule has 26 nitrogen and oxygen atoms in total. The summed E-state index contributed by atoms with van der Waals surface area (Å²) in [6.45, 7) is 7.41. The number of likely N-dealkylation sites (tertiary alicyclic amines) is 1. The van der Waals surface area contributed by atoms with Crippen molar-refractivity contribution in [2.75, 3.05) is 26.2 Å². The number of carbonyl (C=O) groups is 12. The molecule has 26 heteroatoms. The molecule has 1 aliphatic heterocycles. The number of primary amides is 2. The van der Waals surface area contributed by atoms with E-state index in [0.29, 0.717) is 6.42 Å². The summed E-state index contributed by atoms with van der Waals surface area (Å²) in [5.41, 5.74) is 15.5. The van der Waals surface area contributed by atoms with E-state index in [0.717, 1.165) is 0 Å². The summed E-state index contributed by atoms with van der Waals surface area (Å²) in [7, 11) is 0. The second kappa shape index (κ2) is 26.9. The van der Waals surface area contributed by atoms with Crippen LogP contribution in [0, 0.1) is 11.8 Å². The number of nitrogens with one attached hydrogen (secondary N) is 8. The molecule has 0 unspecified atom stereocenters. The molecule has 0 saturated carbocycles. The van der Waals surface area contributed by atoms with Gasteiger partial charge in [-0.25, -0.2) is 4.79 Å². The Labute approximate surface area is 369 Å². The minimum atomic E-state index is -1.55. The molecule has 0 bridgehead atoms. The third-order valence-electron chi connectivity index (χ3n) is 9.82. The molecule has 0 aromatic rings. The number of aliphatic hydroxyl groups is 1. The summed E-state index contributed by atoms with van der Waals surface area (Å²) in [6.07, 6.45) is -2.19. The molecule has 64 heavy (non-hydrogen) atoms. The molecular formula is C38H64N12O14. The van der Waals surface area contributed by atoms with Gasteiger partial charge in [-0.2, -0.15) is 0 Å². The van der Waals surface area contributed by atoms with Crippen LogP contribution >= 0.6 is 0 Å². The number of nitrogens with two attached hydrogens (primary N) is 3. The van der Waals surface area contributed by atoms with Crippen LogP contribution in [-0.4, -0.2) is 161 Å². The molecule has 8 atom stereocenters. The van der Waals surface area contributed by atoms with E-state index >= 15 is 0 Å². The first-order chi connectivity index (χ1) is 29.8. The third kappa shape index (κ3) is 18.9. The number of aliphatic hydroxyl groups excluding tert-OH is 1. The fourth-order valence-electron chi connectivity index (χ4n) is 6.27. The highest BCUT2D eigenvalue weighted by molar-refractivity contribution is 5.97. The van der Waals surface area contributed by atoms with Crippen LogP contribution in [0.4, 0.5) is 0 Å². The van der Waals surface area contributed by atoms with Gasteiger partial charge >= 0.3 is 5.97 Å². The average molecular weight is 913 g/mol. The van der Waals surface area contributed by atoms with Gasteiger partial charge in [0, 0.05) is 19.4 Å². The smallest absolute Gasteiger partial charge is 0.326 e. The summed E-state index contributed by atoms with van der Waals surface area (Å²) >= 11 is 0. The number of nitrogens with zero attached hydrogens (tertiary/aromatic N) is 1. The van der Waals surface area contributed by atoms with Crippen LogP contribution in [0.5, 0.6) is 0 Å². The number of amides is 11. The lowest BCUT2D eigenvalue weighted by Gasteiger charge is -2.29. The van der Waals surface area contributed by atoms with Gasteiger partial charge < -0.3 is 74.8 Å². The minimum Gasteiger partial charge on any atom is -0.480 e. The molecule has 16 N–H and O–H groups in total. The molecule has 1 rings (SSSR count). The lowest BCUT2D eigenvalue weighted by molar-refractivity contribution is -0.143. The van der Waals surface area contributed by atoms with E-state index in [1.54, 1.807) is 27.7 Å². The standard InChI is InChI=1S/C38H64N12O14/c1-17(2)29(49-36(61)31(20(6)51)47-26(54)14-39)34(59)43-16-28(56)48-30(18(3)4)35(60)44-19(5)37(62)50-13-7-8-23(50)33(58)42-15-27(55)45-21(9-11-24(40)52)32(57)46-22(38(63)64)10-12-25(41)53/h17-23,29-31,51H,7-16,39H2,1-6H3,(H2,40,52)(H2,41,53)(H,42,58)(H,43,59)(H,44,60)(H,45,55)(H,46,57)(H,47,54)(H,48,56)(H,49,61)(H,63,64)/t19-,20+,21-,22-,23-,29-,30-,31-/m0/s1. The number of hydrogen-bond donors (Lipinski definition) is 13. The quantitative estimate of drug-likeness (QED) is 0.0364. The van der Waals surface area contributed by atoms with E-state index in [4.69, 9.17) is 17.2 Å². The van der Waals surface area contributed by atoms with Crippen molar-refractivity contribution in [3.8, 4) is 0 Å². The van der Waals surface area contributed by atoms with Gasteiger partial charge in [0.05, 0.1) is 25.7 Å². The van der Waals surface area contributed by atoms with Crippen molar-refractivity contribution in [3.63, 3.8) is 0 Å². The van der Waals surface area contributed by atoms with Crippen LogP contribution in [0.25, 0.3) is 0 Å². The lowest BCUT2D eigenvalue weighted by atomic mass is 10.0. The number of aliphatic carboxylic acids is 1. The summed E-state index contributed by atoms with van der Waals surface area (Å²) in [5, 5.41) is 38.4. The maximum Gasteiger partial charge on any atom is 0.326 e. The Hall–Kier alpha value is -6.44. The zero-order chi connectivity index (χ0) is 49.0. The monoisotopic (exact) mass is 912 g/mol. The Bertz CT molecular complexity index is 1740. The molecule has 1 heterocycles. The van der Waals surface area contributed by atoms with E-state index in [1.165, 1.54) is 18.7 Å². The van der Waals surface area contributed by atoms with E-state index in [-0.39, 0.29) is 38.6 Å². The van der Waals surface area contributed by atoms with Gasteiger partial charge in [0.2, 0.25) is 65.0 Å². The highest BCUT2D eigenvalue weighted by Gasteiger charge is 2.38. The topological polar surface area (TPSA) is 423 Å². The normalized spacial score (nSPS) is 16.7. The van der Waals surface area contributed by atoms with Gasteiger partial charge in [0.15, 0.2) is 0 Å². The maximum absolute atomic E-state index is 13.5. The molecular weight excluding hydrogens is 848 g/mol. The molecule has 1 aliphatic rings. The van der Waals surface area contributed by atoms with Gasteiger partial charge in [0.25, 0.3) is 0 Å². The Morgan fingerprint density at radius 1 is 0.609 bits per heavy atom. The average Bonchev–Trinajstić information content (AvgIpc) is 3.71. The van der Waals surface area contributed by atoms with Gasteiger partial charge in [-0.05, 0) is 51.4 Å². The maximum atomic E-state index is 13.5. The molecule has 11 amide bonds. The molecule has 0 radical (unpaired) electrons. The van der Waals surface area contributed by atoms with Crippen LogP contribution in [-0.2, 0) is 57.5 Å². The molecule has 1 saturated heterocycles. The van der Waals surface area contributed by atoms with Crippen molar-refractivity contribution < 1.29 is 67.7 Å². The van der Waals surface area contributed by atoms with E-state index < -0.39 is 151 Å². The Morgan fingerprint density at radius 2 is 1.11 bits per heavy atom. The summed E-state index contributed by atoms with van der Waals surface area (Å²) in [4.78, 5) is 152. The first kappa shape index (κ1) is 55.6. The third-order valence-corrected chi connectivity index (χ3v) is 9.82. The van der Waals surface area contributed by atoms with E-state index in [1.807, 2.05) is 0 Å². The molecule has 0 aliphatic carbocycles. The SMILES string of the molecule is CC(C)[C@H](NC(=O)CNC(=O)[C@@H](NC(=O)[C@@H](NC(=O)CN)[C@@H](C)O)C(C)C)C(=O)N[C@@H](C)C(=O)N1CCC[C@H]1C(=O)NCC(=O)N[C@@H](CCC(N)=O)C(=O)N[C@@H](CCC(N)=O)C(=O)O. The molecule has 360 valence electrons. The number of hydrogen-bond acceptors (Lipinski definition) is 14. The predicted molar refractivity (Wildman–Crippen MR) is 223 cm³/mol. The second-order valence-corrected chi connectivity index (χ2v) is 15.9. The van der Waals surface area contributed by atoms with Crippen LogP contribution < -0.4 is 59.7 Å². The van der Waals surface area contributed by atoms with Gasteiger partial charge in [-0.1, -0.05) is 27.7 Å². The highest BCUT2D eigenvalue weighted by Crippen LogP contribution is 2.19. The second-order valence-electron chi connectivity index (χ2n) is 15.9. The zero-order valence-corrected chi connectivity index (χ0v) is 36.8. The van der Waals surface area contributed by atoms with Crippen molar-refractivity contribution in [2.45, 2.75) is 128 Å². The van der Waals surface area contributed by atoms with Crippen molar-refractivity contribution in [1.82, 2.24) is 47.4 Å². The summed E-state index contributed by atoms with van der Waals surface area (Å²) < 4.78 is 0. The Kier molecular flexibility index (Phi) is 23.4. The van der Waals surface area contributed by atoms with Crippen molar-refractivity contribution in [3.05, 3.63) is 0 Å². The molecule has 0 aromatic heterocycles. The minimum absolute atomic E-state index is 0.114. The van der Waals surface area contributed by atoms with Crippen molar-refractivity contribution >= 4 is 70.9 Å². The largest absolute Gasteiger partial charge is 0.480 e. The van der Waals surface area contributed by atoms with Gasteiger partial charge in [-0.15, -0.1) is 0 Å². The van der Waals surface area contributed by atoms with Crippen LogP contribution in [0.2, 0.25) is 0 Å². The van der Waals surface area contributed by atoms with Gasteiger partial charge in [-0.3, -0.25) is 52.7 Å². The first-order valence-corrected chi connectivity index (χ1v) is 20.6. The van der Waals surface area contributed by atoms with Crippen molar-refractivity contribution in [1.29, 1.82) is 0 Å². The fraction of sp³-hybridized carbons (Fsp3) is 0.684. The summed E-state index contributed by atoms with van der Waals surface area (Å²) in [6, 6.07) is -9.11. The van der Waals surface area contributed by atoms with Crippen LogP contribution in [0.15, 0.2) is 0 Å². The van der Waals surface area contributed by atoms with Crippen LogP contribution in [0.1, 0.15) is 80.1 Å². The van der Waals surface area contributed by atoms with Gasteiger partial charge in [0.1, 0.15) is 42.3 Å². The van der Waals surface area contributed by atoms with Crippen molar-refractivity contribution in [2.24, 2.45) is 29.0 Å². The zero-order valence-electron chi connectivity index (χ0n) is 36.8.